The molecule has 21 heavy (non-hydrogen) atoms. The summed E-state index contributed by atoms with van der Waals surface area (Å²) in [7, 11) is 0.979. The molecule has 1 aliphatic heterocycles. The molecule has 6 heteroatoms. The molecule has 1 heterocycles. The van der Waals surface area contributed by atoms with Crippen molar-refractivity contribution in [3.05, 3.63) is 24.3 Å². The van der Waals surface area contributed by atoms with E-state index < -0.39 is 10.0 Å². The first-order valence-electron chi connectivity index (χ1n) is 7.32. The zero-order valence-electron chi connectivity index (χ0n) is 13.0. The lowest BCUT2D eigenvalue weighted by Crippen LogP contribution is -2.41. The second kappa shape index (κ2) is 6.66. The van der Waals surface area contributed by atoms with E-state index in [4.69, 9.17) is 0 Å². The fourth-order valence-electron chi connectivity index (χ4n) is 2.63. The second-order valence-electron chi connectivity index (χ2n) is 5.95. The van der Waals surface area contributed by atoms with Crippen LogP contribution in [0.25, 0.3) is 0 Å². The van der Waals surface area contributed by atoms with Gasteiger partial charge in [0, 0.05) is 45.1 Å². The molecular formula is C15H25N3O2S. The lowest BCUT2D eigenvalue weighted by molar-refractivity contribution is 0.277. The van der Waals surface area contributed by atoms with E-state index in [2.05, 4.69) is 34.5 Å². The van der Waals surface area contributed by atoms with Gasteiger partial charge in [0.1, 0.15) is 0 Å². The van der Waals surface area contributed by atoms with Crippen LogP contribution in [0.3, 0.4) is 0 Å². The van der Waals surface area contributed by atoms with Crippen LogP contribution in [0, 0.1) is 5.92 Å². The maximum Gasteiger partial charge on any atom is 0.211 e. The first-order valence-corrected chi connectivity index (χ1v) is 9.17. The van der Waals surface area contributed by atoms with Crippen LogP contribution in [0.15, 0.2) is 24.3 Å². The Labute approximate surface area is 128 Å². The summed E-state index contributed by atoms with van der Waals surface area (Å²) in [4.78, 5) is 2.06. The largest absolute Gasteiger partial charge is 0.385 e. The molecule has 5 nitrogen and oxygen atoms in total. The Balaban J connectivity index is 1.88. The molecule has 1 aliphatic rings. The van der Waals surface area contributed by atoms with Gasteiger partial charge in [0.05, 0.1) is 6.26 Å². The summed E-state index contributed by atoms with van der Waals surface area (Å²) in [5, 5.41) is 3.41. The third-order valence-corrected chi connectivity index (χ3v) is 5.20. The smallest absolute Gasteiger partial charge is 0.211 e. The Bertz CT molecular complexity index is 555. The Hall–Kier alpha value is -1.27. The average molecular weight is 311 g/mol. The minimum absolute atomic E-state index is 0.377. The van der Waals surface area contributed by atoms with Crippen molar-refractivity contribution in [2.24, 2.45) is 5.92 Å². The molecular weight excluding hydrogens is 286 g/mol. The molecule has 1 saturated heterocycles. The van der Waals surface area contributed by atoms with Crippen molar-refractivity contribution < 1.29 is 8.42 Å². The molecule has 0 aromatic heterocycles. The summed E-state index contributed by atoms with van der Waals surface area (Å²) in [6, 6.07) is 8.27. The lowest BCUT2D eigenvalue weighted by Gasteiger charge is -2.31. The van der Waals surface area contributed by atoms with Crippen LogP contribution in [0.4, 0.5) is 11.4 Å². The maximum absolute atomic E-state index is 11.6. The third kappa shape index (κ3) is 4.61. The summed E-state index contributed by atoms with van der Waals surface area (Å²) in [5.41, 5.74) is 2.25. The zero-order valence-corrected chi connectivity index (χ0v) is 13.9. The molecule has 1 aromatic carbocycles. The summed E-state index contributed by atoms with van der Waals surface area (Å²) in [6.07, 6.45) is 3.32. The molecule has 1 unspecified atom stereocenters. The van der Waals surface area contributed by atoms with E-state index in [1.54, 1.807) is 4.31 Å². The molecule has 0 spiro atoms. The number of sulfonamides is 1. The molecule has 2 rings (SSSR count). The highest BCUT2D eigenvalue weighted by atomic mass is 32.2. The van der Waals surface area contributed by atoms with Gasteiger partial charge in [-0.25, -0.2) is 12.7 Å². The molecule has 0 bridgehead atoms. The molecule has 0 amide bonds. The Morgan fingerprint density at radius 3 is 2.52 bits per heavy atom. The molecule has 0 radical (unpaired) electrons. The number of nitrogens with zero attached hydrogens (tertiary/aromatic N) is 2. The highest BCUT2D eigenvalue weighted by Crippen LogP contribution is 2.20. The van der Waals surface area contributed by atoms with E-state index in [9.17, 15) is 8.42 Å². The normalized spacial score (nSPS) is 20.2. The van der Waals surface area contributed by atoms with Crippen LogP contribution in [-0.2, 0) is 10.0 Å². The standard InChI is InChI=1S/C15H25N3O2S/c1-17(2)15-8-6-14(7-9-15)16-11-13-5-4-10-18(12-13)21(3,19)20/h6-9,13,16H,4-5,10-12H2,1-3H3. The van der Waals surface area contributed by atoms with Gasteiger partial charge in [0.2, 0.25) is 10.0 Å². The fourth-order valence-corrected chi connectivity index (χ4v) is 3.58. The molecule has 1 aromatic rings. The van der Waals surface area contributed by atoms with Gasteiger partial charge in [0.15, 0.2) is 0 Å². The van der Waals surface area contributed by atoms with Gasteiger partial charge in [-0.05, 0) is 43.0 Å². The number of benzene rings is 1. The quantitative estimate of drug-likeness (QED) is 0.901. The van der Waals surface area contributed by atoms with Crippen molar-refractivity contribution in [1.82, 2.24) is 4.31 Å². The van der Waals surface area contributed by atoms with Crippen molar-refractivity contribution in [3.63, 3.8) is 0 Å². The minimum Gasteiger partial charge on any atom is -0.385 e. The highest BCUT2D eigenvalue weighted by Gasteiger charge is 2.25. The predicted octanol–water partition coefficient (Wildman–Crippen LogP) is 1.84. The van der Waals surface area contributed by atoms with E-state index >= 15 is 0 Å². The minimum atomic E-state index is -3.06. The zero-order chi connectivity index (χ0) is 15.5. The van der Waals surface area contributed by atoms with Gasteiger partial charge in [-0.15, -0.1) is 0 Å². The Morgan fingerprint density at radius 2 is 1.95 bits per heavy atom. The topological polar surface area (TPSA) is 52.6 Å². The van der Waals surface area contributed by atoms with Crippen LogP contribution >= 0.6 is 0 Å². The molecule has 1 atom stereocenters. The summed E-state index contributed by atoms with van der Waals surface area (Å²) >= 11 is 0. The summed E-state index contributed by atoms with van der Waals surface area (Å²) < 4.78 is 24.8. The second-order valence-corrected chi connectivity index (χ2v) is 7.93. The van der Waals surface area contributed by atoms with E-state index in [0.29, 0.717) is 19.0 Å². The van der Waals surface area contributed by atoms with E-state index in [0.717, 1.165) is 25.1 Å². The summed E-state index contributed by atoms with van der Waals surface area (Å²) in [5.74, 6) is 0.377. The van der Waals surface area contributed by atoms with Crippen molar-refractivity contribution >= 4 is 21.4 Å². The Morgan fingerprint density at radius 1 is 1.29 bits per heavy atom. The van der Waals surface area contributed by atoms with Gasteiger partial charge >= 0.3 is 0 Å². The van der Waals surface area contributed by atoms with Crippen LogP contribution in [0.1, 0.15) is 12.8 Å². The van der Waals surface area contributed by atoms with E-state index in [1.165, 1.54) is 11.9 Å². The van der Waals surface area contributed by atoms with Gasteiger partial charge in [0.25, 0.3) is 0 Å². The average Bonchev–Trinajstić information content (AvgIpc) is 2.45. The molecule has 0 saturated carbocycles. The van der Waals surface area contributed by atoms with Crippen molar-refractivity contribution in [3.8, 4) is 0 Å². The SMILES string of the molecule is CN(C)c1ccc(NCC2CCCN(S(C)(=O)=O)C2)cc1. The predicted molar refractivity (Wildman–Crippen MR) is 88.4 cm³/mol. The number of hydrogen-bond donors (Lipinski definition) is 1. The van der Waals surface area contributed by atoms with E-state index in [-0.39, 0.29) is 0 Å². The highest BCUT2D eigenvalue weighted by molar-refractivity contribution is 7.88. The van der Waals surface area contributed by atoms with Crippen molar-refractivity contribution in [2.75, 3.05) is 50.2 Å². The number of anilines is 2. The Kier molecular flexibility index (Phi) is 5.11. The van der Waals surface area contributed by atoms with Gasteiger partial charge in [-0.2, -0.15) is 0 Å². The van der Waals surface area contributed by atoms with Crippen molar-refractivity contribution in [2.45, 2.75) is 12.8 Å². The maximum atomic E-state index is 11.6. The van der Waals surface area contributed by atoms with Gasteiger partial charge in [-0.3, -0.25) is 0 Å². The first kappa shape index (κ1) is 16.1. The lowest BCUT2D eigenvalue weighted by atomic mass is 9.99. The number of piperidine rings is 1. The number of hydrogen-bond acceptors (Lipinski definition) is 4. The first-order chi connectivity index (χ1) is 9.86. The molecule has 1 fully saturated rings. The van der Waals surface area contributed by atoms with E-state index in [1.807, 2.05) is 14.1 Å². The monoisotopic (exact) mass is 311 g/mol. The van der Waals surface area contributed by atoms with Crippen LogP contribution in [0.2, 0.25) is 0 Å². The third-order valence-electron chi connectivity index (χ3n) is 3.93. The van der Waals surface area contributed by atoms with Gasteiger partial charge < -0.3 is 10.2 Å². The number of rotatable bonds is 5. The van der Waals surface area contributed by atoms with Crippen LogP contribution in [0.5, 0.6) is 0 Å². The summed E-state index contributed by atoms with van der Waals surface area (Å²) in [6.45, 7) is 2.10. The van der Waals surface area contributed by atoms with Crippen molar-refractivity contribution in [1.29, 1.82) is 0 Å². The van der Waals surface area contributed by atoms with Crippen LogP contribution < -0.4 is 10.2 Å². The number of nitrogens with one attached hydrogen (secondary N) is 1. The van der Waals surface area contributed by atoms with Gasteiger partial charge in [-0.1, -0.05) is 0 Å². The molecule has 0 aliphatic carbocycles. The fraction of sp³-hybridized carbons (Fsp3) is 0.600. The van der Waals surface area contributed by atoms with Crippen LogP contribution in [-0.4, -0.2) is 52.7 Å². The molecule has 1 N–H and O–H groups in total. The molecule has 118 valence electrons.